The van der Waals surface area contributed by atoms with E-state index in [1.807, 2.05) is 0 Å². The molecule has 1 heterocycles. The van der Waals surface area contributed by atoms with Gasteiger partial charge >= 0.3 is 0 Å². The number of rotatable bonds is 2. The van der Waals surface area contributed by atoms with E-state index in [1.165, 1.54) is 43.6 Å². The van der Waals surface area contributed by atoms with Gasteiger partial charge in [0.25, 0.3) is 0 Å². The highest BCUT2D eigenvalue weighted by atomic mass is 32.2. The molecule has 0 spiro atoms. The van der Waals surface area contributed by atoms with E-state index in [0.717, 1.165) is 4.90 Å². The lowest BCUT2D eigenvalue weighted by Crippen LogP contribution is -2.17. The lowest BCUT2D eigenvalue weighted by atomic mass is 10.3. The third-order valence-corrected chi connectivity index (χ3v) is 2.99. The van der Waals surface area contributed by atoms with Crippen LogP contribution in [-0.4, -0.2) is 13.1 Å². The molecule has 1 aliphatic heterocycles. The van der Waals surface area contributed by atoms with Crippen molar-refractivity contribution in [1.82, 2.24) is 0 Å². The van der Waals surface area contributed by atoms with Crippen molar-refractivity contribution in [2.75, 3.05) is 18.0 Å². The number of nitrogens with two attached hydrogens (primary N) is 1. The summed E-state index contributed by atoms with van der Waals surface area (Å²) in [7, 11) is 0. The summed E-state index contributed by atoms with van der Waals surface area (Å²) in [6.45, 7) is 2.41. The van der Waals surface area contributed by atoms with Crippen molar-refractivity contribution >= 4 is 17.6 Å². The maximum Gasteiger partial charge on any atom is 0.0366 e. The van der Waals surface area contributed by atoms with E-state index in [4.69, 9.17) is 5.14 Å². The maximum atomic E-state index is 5.46. The van der Waals surface area contributed by atoms with Gasteiger partial charge in [-0.3, -0.25) is 5.14 Å². The van der Waals surface area contributed by atoms with E-state index >= 15 is 0 Å². The minimum atomic E-state index is 1.13. The van der Waals surface area contributed by atoms with Crippen LogP contribution in [0, 0.1) is 0 Å². The number of hydrogen-bond donors (Lipinski definition) is 1. The second-order valence-corrected chi connectivity index (χ2v) is 4.01. The fourth-order valence-corrected chi connectivity index (χ4v) is 2.00. The van der Waals surface area contributed by atoms with Crippen LogP contribution in [-0.2, 0) is 0 Å². The molecular formula is C10H14N2S. The zero-order valence-electron chi connectivity index (χ0n) is 7.57. The molecule has 1 fully saturated rings. The Hall–Kier alpha value is -0.670. The first-order valence-corrected chi connectivity index (χ1v) is 5.50. The van der Waals surface area contributed by atoms with Gasteiger partial charge in [0.15, 0.2) is 0 Å². The van der Waals surface area contributed by atoms with E-state index in [2.05, 4.69) is 29.2 Å². The zero-order chi connectivity index (χ0) is 9.10. The molecule has 0 aliphatic carbocycles. The van der Waals surface area contributed by atoms with Crippen molar-refractivity contribution < 1.29 is 0 Å². The van der Waals surface area contributed by atoms with Gasteiger partial charge in [-0.05, 0) is 49.1 Å². The Labute approximate surface area is 83.2 Å². The number of anilines is 1. The molecule has 1 saturated heterocycles. The fourth-order valence-electron chi connectivity index (χ4n) is 1.71. The maximum absolute atomic E-state index is 5.46. The van der Waals surface area contributed by atoms with Gasteiger partial charge in [-0.1, -0.05) is 0 Å². The molecule has 1 aliphatic rings. The summed E-state index contributed by atoms with van der Waals surface area (Å²) in [4.78, 5) is 3.55. The van der Waals surface area contributed by atoms with Gasteiger partial charge in [-0.25, -0.2) is 0 Å². The van der Waals surface area contributed by atoms with Crippen LogP contribution in [0.2, 0.25) is 0 Å². The van der Waals surface area contributed by atoms with Crippen molar-refractivity contribution in [1.29, 1.82) is 0 Å². The summed E-state index contributed by atoms with van der Waals surface area (Å²) in [6.07, 6.45) is 2.65. The molecular weight excluding hydrogens is 180 g/mol. The molecule has 2 N–H and O–H groups in total. The molecule has 2 nitrogen and oxygen atoms in total. The Morgan fingerprint density at radius 1 is 1.08 bits per heavy atom. The first-order chi connectivity index (χ1) is 6.40. The molecule has 1 aromatic rings. The van der Waals surface area contributed by atoms with Crippen molar-refractivity contribution in [3.63, 3.8) is 0 Å². The SMILES string of the molecule is NSc1ccc(N2CCCC2)cc1. The molecule has 1 aromatic carbocycles. The Bertz CT molecular complexity index is 265. The van der Waals surface area contributed by atoms with Gasteiger partial charge in [-0.2, -0.15) is 0 Å². The van der Waals surface area contributed by atoms with E-state index in [-0.39, 0.29) is 0 Å². The topological polar surface area (TPSA) is 29.3 Å². The van der Waals surface area contributed by atoms with Gasteiger partial charge in [0.05, 0.1) is 0 Å². The second-order valence-electron chi connectivity index (χ2n) is 3.31. The highest BCUT2D eigenvalue weighted by molar-refractivity contribution is 7.97. The standard InChI is InChI=1S/C10H14N2S/c11-13-10-5-3-9(4-6-10)12-7-1-2-8-12/h3-6H,1-2,7-8,11H2. The van der Waals surface area contributed by atoms with E-state index in [9.17, 15) is 0 Å². The van der Waals surface area contributed by atoms with Gasteiger partial charge < -0.3 is 4.90 Å². The average Bonchev–Trinajstić information content (AvgIpc) is 2.71. The van der Waals surface area contributed by atoms with Gasteiger partial charge in [0, 0.05) is 23.7 Å². The first-order valence-electron chi connectivity index (χ1n) is 4.62. The normalized spacial score (nSPS) is 16.5. The molecule has 0 bridgehead atoms. The lowest BCUT2D eigenvalue weighted by Gasteiger charge is -2.17. The molecule has 0 aromatic heterocycles. The van der Waals surface area contributed by atoms with Gasteiger partial charge in [-0.15, -0.1) is 0 Å². The zero-order valence-corrected chi connectivity index (χ0v) is 8.39. The van der Waals surface area contributed by atoms with E-state index in [0.29, 0.717) is 0 Å². The fraction of sp³-hybridized carbons (Fsp3) is 0.400. The summed E-state index contributed by atoms with van der Waals surface area (Å²) in [5, 5.41) is 5.46. The largest absolute Gasteiger partial charge is 0.372 e. The summed E-state index contributed by atoms with van der Waals surface area (Å²) in [5.74, 6) is 0. The van der Waals surface area contributed by atoms with Crippen LogP contribution in [0.4, 0.5) is 5.69 Å². The van der Waals surface area contributed by atoms with Crippen LogP contribution < -0.4 is 10.0 Å². The number of hydrogen-bond acceptors (Lipinski definition) is 3. The van der Waals surface area contributed by atoms with Crippen molar-refractivity contribution in [3.8, 4) is 0 Å². The average molecular weight is 194 g/mol. The molecule has 13 heavy (non-hydrogen) atoms. The monoisotopic (exact) mass is 194 g/mol. The van der Waals surface area contributed by atoms with Crippen LogP contribution in [0.5, 0.6) is 0 Å². The second kappa shape index (κ2) is 4.03. The Morgan fingerprint density at radius 3 is 2.23 bits per heavy atom. The Morgan fingerprint density at radius 2 is 1.69 bits per heavy atom. The minimum absolute atomic E-state index is 1.13. The van der Waals surface area contributed by atoms with Crippen LogP contribution in [0.3, 0.4) is 0 Å². The third-order valence-electron chi connectivity index (χ3n) is 2.44. The molecule has 70 valence electrons. The van der Waals surface area contributed by atoms with Crippen molar-refractivity contribution in [2.45, 2.75) is 17.7 Å². The van der Waals surface area contributed by atoms with E-state index in [1.54, 1.807) is 0 Å². The quantitative estimate of drug-likeness (QED) is 0.732. The third kappa shape index (κ3) is 1.98. The van der Waals surface area contributed by atoms with Crippen LogP contribution in [0.1, 0.15) is 12.8 Å². The molecule has 2 rings (SSSR count). The predicted molar refractivity (Wildman–Crippen MR) is 57.9 cm³/mol. The molecule has 0 atom stereocenters. The van der Waals surface area contributed by atoms with Crippen LogP contribution >= 0.6 is 11.9 Å². The first kappa shape index (κ1) is 8.91. The van der Waals surface area contributed by atoms with Gasteiger partial charge in [0.2, 0.25) is 0 Å². The smallest absolute Gasteiger partial charge is 0.0366 e. The molecule has 0 amide bonds. The summed E-state index contributed by atoms with van der Waals surface area (Å²) >= 11 is 1.30. The van der Waals surface area contributed by atoms with Crippen molar-refractivity contribution in [3.05, 3.63) is 24.3 Å². The van der Waals surface area contributed by atoms with Crippen LogP contribution in [0.25, 0.3) is 0 Å². The van der Waals surface area contributed by atoms with Crippen LogP contribution in [0.15, 0.2) is 29.2 Å². The number of benzene rings is 1. The van der Waals surface area contributed by atoms with Crippen molar-refractivity contribution in [2.24, 2.45) is 5.14 Å². The summed E-state index contributed by atoms with van der Waals surface area (Å²) in [5.41, 5.74) is 1.33. The van der Waals surface area contributed by atoms with Gasteiger partial charge in [0.1, 0.15) is 0 Å². The molecule has 3 heteroatoms. The minimum Gasteiger partial charge on any atom is -0.372 e. The highest BCUT2D eigenvalue weighted by Gasteiger charge is 2.11. The van der Waals surface area contributed by atoms with E-state index < -0.39 is 0 Å². The Balaban J connectivity index is 2.12. The summed E-state index contributed by atoms with van der Waals surface area (Å²) < 4.78 is 0. The molecule has 0 radical (unpaired) electrons. The summed E-state index contributed by atoms with van der Waals surface area (Å²) in [6, 6.07) is 8.47. The molecule has 0 unspecified atom stereocenters. The number of nitrogens with zero attached hydrogens (tertiary/aromatic N) is 1. The highest BCUT2D eigenvalue weighted by Crippen LogP contribution is 2.22. The molecule has 0 saturated carbocycles. The predicted octanol–water partition coefficient (Wildman–Crippen LogP) is 2.25. The Kier molecular flexibility index (Phi) is 2.76. The lowest BCUT2D eigenvalue weighted by molar-refractivity contribution is 0.949.